The number of aromatic nitrogens is 3. The van der Waals surface area contributed by atoms with Gasteiger partial charge in [0.05, 0.1) is 11.4 Å². The van der Waals surface area contributed by atoms with Crippen molar-refractivity contribution in [2.75, 3.05) is 16.4 Å². The van der Waals surface area contributed by atoms with Crippen molar-refractivity contribution in [2.24, 2.45) is 0 Å². The van der Waals surface area contributed by atoms with Gasteiger partial charge in [-0.3, -0.25) is 19.4 Å². The number of hydrogen-bond acceptors (Lipinski definition) is 6. The van der Waals surface area contributed by atoms with Crippen LogP contribution in [0.5, 0.6) is 0 Å². The average molecular weight is 472 g/mol. The Kier molecular flexibility index (Phi) is 7.32. The van der Waals surface area contributed by atoms with Gasteiger partial charge in [0.1, 0.15) is 0 Å². The fourth-order valence-corrected chi connectivity index (χ4v) is 3.90. The summed E-state index contributed by atoms with van der Waals surface area (Å²) in [5, 5.41) is 14.4. The van der Waals surface area contributed by atoms with Gasteiger partial charge in [-0.05, 0) is 50.1 Å². The van der Waals surface area contributed by atoms with Gasteiger partial charge < -0.3 is 10.6 Å². The van der Waals surface area contributed by atoms with Crippen molar-refractivity contribution in [3.63, 3.8) is 0 Å². The third kappa shape index (κ3) is 5.54. The molecule has 10 heteroatoms. The van der Waals surface area contributed by atoms with Crippen LogP contribution in [0.2, 0.25) is 5.02 Å². The van der Waals surface area contributed by atoms with Crippen LogP contribution >= 0.6 is 23.4 Å². The zero-order valence-electron chi connectivity index (χ0n) is 18.0. The first-order valence-electron chi connectivity index (χ1n) is 9.69. The predicted molar refractivity (Wildman–Crippen MR) is 127 cm³/mol. The summed E-state index contributed by atoms with van der Waals surface area (Å²) in [6, 6.07) is 8.93. The first kappa shape index (κ1) is 23.5. The molecule has 0 spiro atoms. The summed E-state index contributed by atoms with van der Waals surface area (Å²) in [6.45, 7) is 6.94. The molecule has 0 unspecified atom stereocenters. The highest BCUT2D eigenvalue weighted by Gasteiger charge is 2.17. The molecule has 0 atom stereocenters. The second kappa shape index (κ2) is 9.97. The standard InChI is InChI=1S/C22H22ClN5O3S/c1-11-8-12(2)19(24-14(4)29)15(9-11)20-21(31)26-22(28-27-20)32-10-18(30)25-17-7-5-6-16(23)13(17)3/h5-9H,10H2,1-4H3,(H,24,29)(H,25,30)(H,26,28,31). The average Bonchev–Trinajstić information content (AvgIpc) is 2.72. The molecule has 1 aromatic heterocycles. The minimum absolute atomic E-state index is 0.0244. The number of carbonyl (C=O) groups is 2. The number of thioether (sulfide) groups is 1. The van der Waals surface area contributed by atoms with Crippen LogP contribution < -0.4 is 16.2 Å². The minimum Gasteiger partial charge on any atom is -0.325 e. The van der Waals surface area contributed by atoms with Crippen LogP contribution in [0, 0.1) is 20.8 Å². The van der Waals surface area contributed by atoms with E-state index in [9.17, 15) is 14.4 Å². The van der Waals surface area contributed by atoms with Gasteiger partial charge in [-0.1, -0.05) is 41.1 Å². The van der Waals surface area contributed by atoms with Crippen molar-refractivity contribution in [2.45, 2.75) is 32.9 Å². The predicted octanol–water partition coefficient (Wildman–Crippen LogP) is 4.10. The van der Waals surface area contributed by atoms with E-state index < -0.39 is 5.56 Å². The van der Waals surface area contributed by atoms with Crippen molar-refractivity contribution < 1.29 is 9.59 Å². The minimum atomic E-state index is -0.467. The van der Waals surface area contributed by atoms with Gasteiger partial charge in [-0.2, -0.15) is 0 Å². The van der Waals surface area contributed by atoms with E-state index in [1.807, 2.05) is 26.8 Å². The van der Waals surface area contributed by atoms with Crippen LogP contribution in [0.15, 0.2) is 40.3 Å². The fourth-order valence-electron chi connectivity index (χ4n) is 3.12. The number of halogens is 1. The second-order valence-electron chi connectivity index (χ2n) is 7.24. The highest BCUT2D eigenvalue weighted by atomic mass is 35.5. The summed E-state index contributed by atoms with van der Waals surface area (Å²) in [5.41, 5.74) is 3.74. The van der Waals surface area contributed by atoms with E-state index in [2.05, 4.69) is 25.8 Å². The molecule has 3 N–H and O–H groups in total. The number of benzene rings is 2. The van der Waals surface area contributed by atoms with Gasteiger partial charge in [0.2, 0.25) is 11.8 Å². The van der Waals surface area contributed by atoms with E-state index in [1.54, 1.807) is 24.3 Å². The number of amides is 2. The number of hydrogen-bond donors (Lipinski definition) is 3. The molecule has 0 aliphatic rings. The molecule has 3 aromatic rings. The number of rotatable bonds is 6. The molecule has 8 nitrogen and oxygen atoms in total. The largest absolute Gasteiger partial charge is 0.325 e. The van der Waals surface area contributed by atoms with Crippen molar-refractivity contribution >= 4 is 46.6 Å². The van der Waals surface area contributed by atoms with E-state index in [0.717, 1.165) is 28.5 Å². The molecule has 0 saturated carbocycles. The lowest BCUT2D eigenvalue weighted by atomic mass is 10.0. The van der Waals surface area contributed by atoms with Crippen molar-refractivity contribution in [1.29, 1.82) is 0 Å². The number of nitrogens with one attached hydrogen (secondary N) is 3. The molecule has 0 saturated heterocycles. The van der Waals surface area contributed by atoms with Gasteiger partial charge in [0, 0.05) is 23.2 Å². The Bertz CT molecular complexity index is 1260. The molecule has 2 amide bonds. The van der Waals surface area contributed by atoms with Gasteiger partial charge in [-0.25, -0.2) is 0 Å². The number of anilines is 2. The lowest BCUT2D eigenvalue weighted by Crippen LogP contribution is -2.18. The zero-order chi connectivity index (χ0) is 23.4. The van der Waals surface area contributed by atoms with Crippen molar-refractivity contribution in [1.82, 2.24) is 15.2 Å². The molecule has 2 aromatic carbocycles. The summed E-state index contributed by atoms with van der Waals surface area (Å²) in [7, 11) is 0. The van der Waals surface area contributed by atoms with E-state index in [4.69, 9.17) is 11.6 Å². The molecular weight excluding hydrogens is 450 g/mol. The second-order valence-corrected chi connectivity index (χ2v) is 8.61. The van der Waals surface area contributed by atoms with Crippen LogP contribution in [-0.4, -0.2) is 32.7 Å². The highest BCUT2D eigenvalue weighted by molar-refractivity contribution is 7.99. The third-order valence-electron chi connectivity index (χ3n) is 4.59. The Morgan fingerprint density at radius 2 is 1.88 bits per heavy atom. The Hall–Kier alpha value is -3.17. The summed E-state index contributed by atoms with van der Waals surface area (Å²) < 4.78 is 0. The van der Waals surface area contributed by atoms with Crippen molar-refractivity contribution in [3.8, 4) is 11.3 Å². The molecule has 166 valence electrons. The topological polar surface area (TPSA) is 117 Å². The monoisotopic (exact) mass is 471 g/mol. The Labute approximate surface area is 194 Å². The normalized spacial score (nSPS) is 10.7. The van der Waals surface area contributed by atoms with E-state index in [0.29, 0.717) is 22.0 Å². The number of aryl methyl sites for hydroxylation is 2. The molecular formula is C22H22ClN5O3S. The summed E-state index contributed by atoms with van der Waals surface area (Å²) in [4.78, 5) is 39.3. The molecule has 0 bridgehead atoms. The molecule has 0 aliphatic carbocycles. The zero-order valence-corrected chi connectivity index (χ0v) is 19.6. The maximum Gasteiger partial charge on any atom is 0.278 e. The maximum atomic E-state index is 12.7. The van der Waals surface area contributed by atoms with E-state index in [-0.39, 0.29) is 28.4 Å². The molecule has 0 radical (unpaired) electrons. The Morgan fingerprint density at radius 1 is 1.12 bits per heavy atom. The number of H-pyrrole nitrogens is 1. The molecule has 0 fully saturated rings. The smallest absolute Gasteiger partial charge is 0.278 e. The van der Waals surface area contributed by atoms with Crippen molar-refractivity contribution in [3.05, 3.63) is 62.4 Å². The van der Waals surface area contributed by atoms with E-state index in [1.165, 1.54) is 6.92 Å². The summed E-state index contributed by atoms with van der Waals surface area (Å²) >= 11 is 7.13. The lowest BCUT2D eigenvalue weighted by Gasteiger charge is -2.13. The third-order valence-corrected chi connectivity index (χ3v) is 5.87. The van der Waals surface area contributed by atoms with Gasteiger partial charge in [0.25, 0.3) is 5.56 Å². The maximum absolute atomic E-state index is 12.7. The number of aromatic amines is 1. The summed E-state index contributed by atoms with van der Waals surface area (Å²) in [5.74, 6) is -0.499. The van der Waals surface area contributed by atoms with Crippen LogP contribution in [0.4, 0.5) is 11.4 Å². The first-order valence-corrected chi connectivity index (χ1v) is 11.1. The van der Waals surface area contributed by atoms with Crippen LogP contribution in [0.3, 0.4) is 0 Å². The highest BCUT2D eigenvalue weighted by Crippen LogP contribution is 2.29. The summed E-state index contributed by atoms with van der Waals surface area (Å²) in [6.07, 6.45) is 0. The fraction of sp³-hybridized carbons (Fsp3) is 0.227. The van der Waals surface area contributed by atoms with Gasteiger partial charge >= 0.3 is 0 Å². The van der Waals surface area contributed by atoms with Crippen LogP contribution in [0.25, 0.3) is 11.3 Å². The van der Waals surface area contributed by atoms with Crippen LogP contribution in [0.1, 0.15) is 23.6 Å². The molecule has 3 rings (SSSR count). The first-order chi connectivity index (χ1) is 15.2. The Morgan fingerprint density at radius 3 is 2.56 bits per heavy atom. The van der Waals surface area contributed by atoms with Gasteiger partial charge in [-0.15, -0.1) is 10.2 Å². The molecule has 0 aliphatic heterocycles. The molecule has 1 heterocycles. The lowest BCUT2D eigenvalue weighted by molar-refractivity contribution is -0.114. The number of carbonyl (C=O) groups excluding carboxylic acids is 2. The Balaban J connectivity index is 1.78. The van der Waals surface area contributed by atoms with E-state index >= 15 is 0 Å². The van der Waals surface area contributed by atoms with Crippen LogP contribution in [-0.2, 0) is 9.59 Å². The molecule has 32 heavy (non-hydrogen) atoms. The number of nitrogens with zero attached hydrogens (tertiary/aromatic N) is 2. The quantitative estimate of drug-likeness (QED) is 0.466. The SMILES string of the molecule is CC(=O)Nc1c(C)cc(C)cc1-c1nnc(SCC(=O)Nc2cccc(Cl)c2C)[nH]c1=O. The van der Waals surface area contributed by atoms with Gasteiger partial charge in [0.15, 0.2) is 10.9 Å².